The van der Waals surface area contributed by atoms with Crippen LogP contribution < -0.4 is 10.6 Å². The van der Waals surface area contributed by atoms with E-state index in [0.29, 0.717) is 34.3 Å². The van der Waals surface area contributed by atoms with Gasteiger partial charge in [-0.05, 0) is 40.2 Å². The molecule has 2 N–H and O–H groups in total. The van der Waals surface area contributed by atoms with Gasteiger partial charge in [0.15, 0.2) is 5.82 Å². The third kappa shape index (κ3) is 3.60. The highest BCUT2D eigenvalue weighted by Crippen LogP contribution is 2.31. The largest absolute Gasteiger partial charge is 0.496 e. The summed E-state index contributed by atoms with van der Waals surface area (Å²) < 4.78 is 13.4. The summed E-state index contributed by atoms with van der Waals surface area (Å²) in [6, 6.07) is 15.2. The molecular weight excluding hydrogens is 444 g/mol. The lowest BCUT2D eigenvalue weighted by atomic mass is 10.2. The number of nitrogen functional groups attached to an aromatic ring is 1. The lowest BCUT2D eigenvalue weighted by molar-refractivity contribution is 0.416. The van der Waals surface area contributed by atoms with Crippen LogP contribution in [-0.4, -0.2) is 32.2 Å². The number of thioether (sulfide) groups is 1. The minimum absolute atomic E-state index is 0.415. The van der Waals surface area contributed by atoms with Crippen molar-refractivity contribution in [3.8, 4) is 28.6 Å². The molecule has 2 heterocycles. The number of rotatable bonds is 6. The molecule has 0 fully saturated rings. The van der Waals surface area contributed by atoms with Gasteiger partial charge in [0.2, 0.25) is 16.9 Å². The van der Waals surface area contributed by atoms with Crippen LogP contribution >= 0.6 is 27.7 Å². The van der Waals surface area contributed by atoms with Gasteiger partial charge in [-0.1, -0.05) is 36.0 Å². The molecule has 10 heteroatoms. The predicted octanol–water partition coefficient (Wildman–Crippen LogP) is 3.77. The van der Waals surface area contributed by atoms with E-state index in [4.69, 9.17) is 15.0 Å². The van der Waals surface area contributed by atoms with Gasteiger partial charge in [0.05, 0.1) is 24.0 Å². The van der Waals surface area contributed by atoms with Gasteiger partial charge in [-0.3, -0.25) is 0 Å². The fourth-order valence-corrected chi connectivity index (χ4v) is 3.72. The Bertz CT molecular complexity index is 1110. The second kappa shape index (κ2) is 8.03. The zero-order chi connectivity index (χ0) is 19.5. The third-order valence-corrected chi connectivity index (χ3v) is 5.53. The molecule has 0 aliphatic heterocycles. The van der Waals surface area contributed by atoms with E-state index in [1.54, 1.807) is 7.11 Å². The highest BCUT2D eigenvalue weighted by Gasteiger charge is 2.17. The zero-order valence-corrected chi connectivity index (χ0v) is 17.1. The van der Waals surface area contributed by atoms with Gasteiger partial charge in [0.1, 0.15) is 5.75 Å². The van der Waals surface area contributed by atoms with E-state index in [2.05, 4.69) is 36.3 Å². The second-order valence-corrected chi connectivity index (χ2v) is 7.44. The molecule has 0 amide bonds. The first kappa shape index (κ1) is 18.5. The van der Waals surface area contributed by atoms with Crippen molar-refractivity contribution in [3.05, 3.63) is 58.9 Å². The molecule has 0 saturated heterocycles. The van der Waals surface area contributed by atoms with E-state index in [1.807, 2.05) is 48.5 Å². The van der Waals surface area contributed by atoms with Crippen molar-refractivity contribution in [2.75, 3.05) is 13.0 Å². The Labute approximate surface area is 173 Å². The predicted molar refractivity (Wildman–Crippen MR) is 109 cm³/mol. The number of nitrogens with two attached hydrogens (primary N) is 1. The van der Waals surface area contributed by atoms with Gasteiger partial charge in [-0.25, -0.2) is 4.68 Å². The molecule has 0 aliphatic carbocycles. The first-order chi connectivity index (χ1) is 13.7. The standard InChI is InChI=1S/C18H15BrN6O2S/c1-26-14-9-5-3-7-12(14)16-22-24-18(25(16)20)28-10-15-21-23-17(27-15)11-6-2-4-8-13(11)19/h2-9H,10,20H2,1H3. The minimum atomic E-state index is 0.415. The first-order valence-electron chi connectivity index (χ1n) is 8.21. The smallest absolute Gasteiger partial charge is 0.248 e. The summed E-state index contributed by atoms with van der Waals surface area (Å²) in [4.78, 5) is 0. The molecule has 0 unspecified atom stereocenters. The summed E-state index contributed by atoms with van der Waals surface area (Å²) in [6.07, 6.45) is 0. The molecule has 28 heavy (non-hydrogen) atoms. The normalized spacial score (nSPS) is 10.9. The van der Waals surface area contributed by atoms with Crippen molar-refractivity contribution >= 4 is 27.7 Å². The van der Waals surface area contributed by atoms with Gasteiger partial charge >= 0.3 is 0 Å². The van der Waals surface area contributed by atoms with Crippen LogP contribution in [0.5, 0.6) is 5.75 Å². The molecule has 0 radical (unpaired) electrons. The molecule has 0 aliphatic rings. The van der Waals surface area contributed by atoms with Crippen LogP contribution in [0.15, 0.2) is 62.6 Å². The van der Waals surface area contributed by atoms with Crippen molar-refractivity contribution < 1.29 is 9.15 Å². The average molecular weight is 459 g/mol. The van der Waals surface area contributed by atoms with Crippen molar-refractivity contribution in [1.82, 2.24) is 25.1 Å². The maximum absolute atomic E-state index is 6.18. The third-order valence-electron chi connectivity index (χ3n) is 3.91. The maximum Gasteiger partial charge on any atom is 0.248 e. The fourth-order valence-electron chi connectivity index (χ4n) is 2.57. The Morgan fingerprint density at radius 1 is 1.04 bits per heavy atom. The van der Waals surface area contributed by atoms with E-state index in [-0.39, 0.29) is 0 Å². The van der Waals surface area contributed by atoms with Crippen molar-refractivity contribution in [2.24, 2.45) is 0 Å². The number of ether oxygens (including phenoxy) is 1. The van der Waals surface area contributed by atoms with Gasteiger partial charge in [0, 0.05) is 4.47 Å². The maximum atomic E-state index is 6.18. The average Bonchev–Trinajstić information content (AvgIpc) is 3.33. The molecule has 142 valence electrons. The van der Waals surface area contributed by atoms with Crippen LogP contribution in [0, 0.1) is 0 Å². The highest BCUT2D eigenvalue weighted by molar-refractivity contribution is 9.10. The number of aromatic nitrogens is 5. The second-order valence-electron chi connectivity index (χ2n) is 5.65. The number of benzene rings is 2. The van der Waals surface area contributed by atoms with Crippen molar-refractivity contribution in [2.45, 2.75) is 10.9 Å². The van der Waals surface area contributed by atoms with E-state index < -0.39 is 0 Å². The number of hydrogen-bond donors (Lipinski definition) is 1. The van der Waals surface area contributed by atoms with Crippen LogP contribution in [-0.2, 0) is 5.75 Å². The number of halogens is 1. The Kier molecular flexibility index (Phi) is 5.31. The van der Waals surface area contributed by atoms with Crippen LogP contribution in [0.25, 0.3) is 22.8 Å². The van der Waals surface area contributed by atoms with Crippen molar-refractivity contribution in [1.29, 1.82) is 0 Å². The molecule has 8 nitrogen and oxygen atoms in total. The Morgan fingerprint density at radius 3 is 2.57 bits per heavy atom. The fraction of sp³-hybridized carbons (Fsp3) is 0.111. The molecule has 0 saturated carbocycles. The Morgan fingerprint density at radius 2 is 1.79 bits per heavy atom. The summed E-state index contributed by atoms with van der Waals surface area (Å²) in [5.41, 5.74) is 1.60. The first-order valence-corrected chi connectivity index (χ1v) is 9.99. The molecule has 0 atom stereocenters. The van der Waals surface area contributed by atoms with Crippen LogP contribution in [0.3, 0.4) is 0 Å². The molecule has 4 rings (SSSR count). The summed E-state index contributed by atoms with van der Waals surface area (Å²) >= 11 is 4.84. The summed E-state index contributed by atoms with van der Waals surface area (Å²) in [6.45, 7) is 0. The number of methoxy groups -OCH3 is 1. The monoisotopic (exact) mass is 458 g/mol. The quantitative estimate of drug-likeness (QED) is 0.343. The molecule has 2 aromatic carbocycles. The SMILES string of the molecule is COc1ccccc1-c1nnc(SCc2nnc(-c3ccccc3Br)o2)n1N. The highest BCUT2D eigenvalue weighted by atomic mass is 79.9. The lowest BCUT2D eigenvalue weighted by Crippen LogP contribution is -2.12. The summed E-state index contributed by atoms with van der Waals surface area (Å²) in [5.74, 6) is 8.71. The van der Waals surface area contributed by atoms with E-state index in [1.165, 1.54) is 16.4 Å². The van der Waals surface area contributed by atoms with Crippen LogP contribution in [0.1, 0.15) is 5.89 Å². The molecule has 0 spiro atoms. The van der Waals surface area contributed by atoms with Gasteiger partial charge in [-0.15, -0.1) is 20.4 Å². The molecular formula is C18H15BrN6O2S. The van der Waals surface area contributed by atoms with Crippen LogP contribution in [0.2, 0.25) is 0 Å². The minimum Gasteiger partial charge on any atom is -0.496 e. The van der Waals surface area contributed by atoms with Gasteiger partial charge < -0.3 is 15.0 Å². The van der Waals surface area contributed by atoms with Gasteiger partial charge in [0.25, 0.3) is 0 Å². The summed E-state index contributed by atoms with van der Waals surface area (Å²) in [5, 5.41) is 17.1. The Balaban J connectivity index is 1.51. The molecule has 4 aromatic rings. The number of nitrogens with zero attached hydrogens (tertiary/aromatic N) is 5. The zero-order valence-electron chi connectivity index (χ0n) is 14.7. The lowest BCUT2D eigenvalue weighted by Gasteiger charge is -2.07. The van der Waals surface area contributed by atoms with E-state index >= 15 is 0 Å². The van der Waals surface area contributed by atoms with Gasteiger partial charge in [-0.2, -0.15) is 0 Å². The number of para-hydroxylation sites is 1. The molecule has 0 bridgehead atoms. The van der Waals surface area contributed by atoms with E-state index in [0.717, 1.165) is 15.6 Å². The summed E-state index contributed by atoms with van der Waals surface area (Å²) in [7, 11) is 1.60. The Hall–Kier alpha value is -2.85. The van der Waals surface area contributed by atoms with E-state index in [9.17, 15) is 0 Å². The van der Waals surface area contributed by atoms with Crippen molar-refractivity contribution in [3.63, 3.8) is 0 Å². The van der Waals surface area contributed by atoms with Crippen LogP contribution in [0.4, 0.5) is 0 Å². The topological polar surface area (TPSA) is 105 Å². The number of hydrogen-bond acceptors (Lipinski definition) is 8. The molecule has 2 aromatic heterocycles.